The number of anilines is 1. The number of amides is 3. The third-order valence-electron chi connectivity index (χ3n) is 3.22. The Balaban J connectivity index is 1.64. The van der Waals surface area contributed by atoms with E-state index in [9.17, 15) is 14.4 Å². The molecule has 0 fully saturated rings. The zero-order chi connectivity index (χ0) is 20.4. The van der Waals surface area contributed by atoms with Crippen molar-refractivity contribution in [1.82, 2.24) is 16.2 Å². The number of thiocarbonyl (C=S) groups is 1. The summed E-state index contributed by atoms with van der Waals surface area (Å²) in [5, 5.41) is 5.27. The molecule has 8 nitrogen and oxygen atoms in total. The number of carbonyl (C=O) groups excluding carboxylic acids is 3. The molecule has 2 aromatic rings. The zero-order valence-electron chi connectivity index (χ0n) is 14.5. The van der Waals surface area contributed by atoms with Crippen molar-refractivity contribution in [2.24, 2.45) is 0 Å². The van der Waals surface area contributed by atoms with Crippen molar-refractivity contribution in [3.63, 3.8) is 0 Å². The number of rotatable bonds is 6. The van der Waals surface area contributed by atoms with E-state index in [2.05, 4.69) is 21.5 Å². The summed E-state index contributed by atoms with van der Waals surface area (Å²) in [6.07, 6.45) is 4.04. The van der Waals surface area contributed by atoms with E-state index in [1.54, 1.807) is 36.4 Å². The van der Waals surface area contributed by atoms with Crippen LogP contribution in [0.1, 0.15) is 18.6 Å². The Morgan fingerprint density at radius 1 is 1.04 bits per heavy atom. The summed E-state index contributed by atoms with van der Waals surface area (Å²) in [6.45, 7) is 0. The first kappa shape index (κ1) is 21.1. The van der Waals surface area contributed by atoms with Gasteiger partial charge in [-0.05, 0) is 42.6 Å². The van der Waals surface area contributed by atoms with Crippen molar-refractivity contribution < 1.29 is 18.8 Å². The number of furan rings is 1. The lowest BCUT2D eigenvalue weighted by atomic mass is 10.2. The normalized spacial score (nSPS) is 10.3. The highest BCUT2D eigenvalue weighted by molar-refractivity contribution is 7.80. The number of para-hydroxylation sites is 1. The fourth-order valence-electron chi connectivity index (χ4n) is 1.92. The van der Waals surface area contributed by atoms with Gasteiger partial charge in [0, 0.05) is 18.9 Å². The van der Waals surface area contributed by atoms with Gasteiger partial charge in [-0.15, -0.1) is 0 Å². The van der Waals surface area contributed by atoms with E-state index in [0.29, 0.717) is 16.5 Å². The predicted octanol–water partition coefficient (Wildman–Crippen LogP) is 2.39. The average molecular weight is 421 g/mol. The highest BCUT2D eigenvalue weighted by Crippen LogP contribution is 2.20. The Hall–Kier alpha value is -3.17. The molecule has 0 aliphatic rings. The molecule has 146 valence electrons. The topological polar surface area (TPSA) is 112 Å². The minimum absolute atomic E-state index is 0.0518. The van der Waals surface area contributed by atoms with Crippen molar-refractivity contribution >= 4 is 58.4 Å². The van der Waals surface area contributed by atoms with Gasteiger partial charge in [0.25, 0.3) is 0 Å². The van der Waals surface area contributed by atoms with Crippen LogP contribution in [-0.2, 0) is 14.4 Å². The van der Waals surface area contributed by atoms with Gasteiger partial charge in [0.1, 0.15) is 5.76 Å². The fraction of sp³-hybridized carbons (Fsp3) is 0.111. The summed E-state index contributed by atoms with van der Waals surface area (Å²) in [5.74, 6) is -0.820. The van der Waals surface area contributed by atoms with Gasteiger partial charge in [-0.2, -0.15) is 0 Å². The number of hydrazine groups is 1. The van der Waals surface area contributed by atoms with E-state index in [1.165, 1.54) is 18.4 Å². The monoisotopic (exact) mass is 420 g/mol. The molecule has 4 N–H and O–H groups in total. The van der Waals surface area contributed by atoms with Crippen LogP contribution in [0, 0.1) is 0 Å². The van der Waals surface area contributed by atoms with Crippen molar-refractivity contribution in [2.45, 2.75) is 12.8 Å². The lowest BCUT2D eigenvalue weighted by molar-refractivity contribution is -0.124. The van der Waals surface area contributed by atoms with Crippen LogP contribution in [0.15, 0.2) is 53.2 Å². The number of benzene rings is 1. The third kappa shape index (κ3) is 7.60. The van der Waals surface area contributed by atoms with E-state index in [0.717, 1.165) is 0 Å². The van der Waals surface area contributed by atoms with Crippen molar-refractivity contribution in [1.29, 1.82) is 0 Å². The van der Waals surface area contributed by atoms with Gasteiger partial charge >= 0.3 is 0 Å². The number of nitrogens with one attached hydrogen (secondary N) is 4. The van der Waals surface area contributed by atoms with Crippen LogP contribution in [0.2, 0.25) is 5.02 Å². The van der Waals surface area contributed by atoms with Crippen LogP contribution >= 0.6 is 23.8 Å². The molecule has 0 aliphatic heterocycles. The molecule has 3 amide bonds. The molecule has 2 rings (SSSR count). The van der Waals surface area contributed by atoms with Crippen LogP contribution in [0.25, 0.3) is 6.08 Å². The van der Waals surface area contributed by atoms with Gasteiger partial charge < -0.3 is 9.73 Å². The van der Waals surface area contributed by atoms with E-state index < -0.39 is 11.8 Å². The van der Waals surface area contributed by atoms with Crippen LogP contribution in [-0.4, -0.2) is 22.8 Å². The maximum absolute atomic E-state index is 11.9. The molecule has 10 heteroatoms. The maximum Gasteiger partial charge on any atom is 0.250 e. The molecule has 1 aromatic carbocycles. The number of halogens is 1. The zero-order valence-corrected chi connectivity index (χ0v) is 16.1. The molecule has 1 aromatic heterocycles. The van der Waals surface area contributed by atoms with E-state index >= 15 is 0 Å². The molecule has 28 heavy (non-hydrogen) atoms. The van der Waals surface area contributed by atoms with Crippen molar-refractivity contribution in [3.8, 4) is 0 Å². The van der Waals surface area contributed by atoms with Gasteiger partial charge in [-0.1, -0.05) is 23.7 Å². The van der Waals surface area contributed by atoms with Crippen molar-refractivity contribution in [2.75, 3.05) is 5.32 Å². The summed E-state index contributed by atoms with van der Waals surface area (Å²) >= 11 is 10.8. The number of hydrogen-bond acceptors (Lipinski definition) is 5. The molecule has 0 saturated heterocycles. The van der Waals surface area contributed by atoms with Crippen LogP contribution in [0.5, 0.6) is 0 Å². The Kier molecular flexibility index (Phi) is 8.19. The molecule has 0 bridgehead atoms. The first-order valence-electron chi connectivity index (χ1n) is 8.10. The summed E-state index contributed by atoms with van der Waals surface area (Å²) < 4.78 is 5.05. The first-order chi connectivity index (χ1) is 13.4. The fourth-order valence-corrected chi connectivity index (χ4v) is 2.25. The molecule has 0 aliphatic carbocycles. The SMILES string of the molecule is O=C(C=Cc1ccco1)NC(=S)NNC(=O)CCC(=O)Nc1ccccc1Cl. The van der Waals surface area contributed by atoms with Crippen LogP contribution in [0.4, 0.5) is 5.69 Å². The lowest BCUT2D eigenvalue weighted by Gasteiger charge is -2.10. The molecular formula is C18H17ClN4O4S. The van der Waals surface area contributed by atoms with Crippen molar-refractivity contribution in [3.05, 3.63) is 59.5 Å². The summed E-state index contributed by atoms with van der Waals surface area (Å²) in [4.78, 5) is 35.3. The smallest absolute Gasteiger partial charge is 0.250 e. The maximum atomic E-state index is 11.9. The first-order valence-corrected chi connectivity index (χ1v) is 8.88. The Labute approximate surface area is 171 Å². The van der Waals surface area contributed by atoms with Gasteiger partial charge in [0.2, 0.25) is 17.7 Å². The lowest BCUT2D eigenvalue weighted by Crippen LogP contribution is -2.48. The van der Waals surface area contributed by atoms with Crippen LogP contribution in [0.3, 0.4) is 0 Å². The summed E-state index contributed by atoms with van der Waals surface area (Å²) in [5.41, 5.74) is 5.14. The molecule has 0 spiro atoms. The Morgan fingerprint density at radius 3 is 2.50 bits per heavy atom. The Morgan fingerprint density at radius 2 is 1.79 bits per heavy atom. The van der Waals surface area contributed by atoms with E-state index in [4.69, 9.17) is 28.2 Å². The van der Waals surface area contributed by atoms with Gasteiger partial charge in [-0.3, -0.25) is 30.6 Å². The highest BCUT2D eigenvalue weighted by Gasteiger charge is 2.09. The highest BCUT2D eigenvalue weighted by atomic mass is 35.5. The number of carbonyl (C=O) groups is 3. The average Bonchev–Trinajstić information content (AvgIpc) is 3.18. The van der Waals surface area contributed by atoms with Gasteiger partial charge in [0.05, 0.1) is 17.0 Å². The number of hydrogen-bond donors (Lipinski definition) is 4. The Bertz CT molecular complexity index is 883. The van der Waals surface area contributed by atoms with Gasteiger partial charge in [0.15, 0.2) is 5.11 Å². The molecular weight excluding hydrogens is 404 g/mol. The second-order valence-corrected chi connectivity index (χ2v) is 6.18. The molecule has 1 heterocycles. The minimum atomic E-state index is -0.498. The predicted molar refractivity (Wildman–Crippen MR) is 109 cm³/mol. The summed E-state index contributed by atoms with van der Waals surface area (Å²) in [7, 11) is 0. The van der Waals surface area contributed by atoms with E-state index in [-0.39, 0.29) is 23.9 Å². The molecule has 0 unspecified atom stereocenters. The largest absolute Gasteiger partial charge is 0.465 e. The summed E-state index contributed by atoms with van der Waals surface area (Å²) in [6, 6.07) is 10.1. The standard InChI is InChI=1S/C18H17ClN4O4S/c19-13-5-1-2-6-14(13)20-15(24)9-10-17(26)22-23-18(28)21-16(25)8-7-12-4-3-11-27-12/h1-8,11H,9-10H2,(H,20,24)(H,22,26)(H2,21,23,25,28). The second kappa shape index (κ2) is 10.9. The third-order valence-corrected chi connectivity index (χ3v) is 3.76. The molecule has 0 atom stereocenters. The van der Waals surface area contributed by atoms with Gasteiger partial charge in [-0.25, -0.2) is 0 Å². The molecule has 0 radical (unpaired) electrons. The van der Waals surface area contributed by atoms with E-state index in [1.807, 2.05) is 0 Å². The second-order valence-electron chi connectivity index (χ2n) is 5.37. The quantitative estimate of drug-likeness (QED) is 0.324. The van der Waals surface area contributed by atoms with Crippen LogP contribution < -0.4 is 21.5 Å². The minimum Gasteiger partial charge on any atom is -0.465 e. The molecule has 0 saturated carbocycles.